The van der Waals surface area contributed by atoms with Crippen LogP contribution in [0, 0.1) is 0 Å². The van der Waals surface area contributed by atoms with E-state index in [1.807, 2.05) is 36.4 Å². The average Bonchev–Trinajstić information content (AvgIpc) is 2.54. The molecule has 2 aromatic rings. The second-order valence-electron chi connectivity index (χ2n) is 4.78. The van der Waals surface area contributed by atoms with Crippen LogP contribution in [0.2, 0.25) is 5.02 Å². The lowest BCUT2D eigenvalue weighted by molar-refractivity contribution is 0.251. The monoisotopic (exact) mass is 318 g/mol. The van der Waals surface area contributed by atoms with Gasteiger partial charge in [0.15, 0.2) is 0 Å². The van der Waals surface area contributed by atoms with Gasteiger partial charge in [0.2, 0.25) is 0 Å². The van der Waals surface area contributed by atoms with Gasteiger partial charge in [-0.25, -0.2) is 4.79 Å². The highest BCUT2D eigenvalue weighted by molar-refractivity contribution is 6.33. The maximum absolute atomic E-state index is 11.8. The van der Waals surface area contributed by atoms with Crippen molar-refractivity contribution in [2.75, 3.05) is 11.9 Å². The Labute approximate surface area is 135 Å². The number of nitrogens with one attached hydrogen (secondary N) is 2. The number of anilines is 1. The molecule has 22 heavy (non-hydrogen) atoms. The summed E-state index contributed by atoms with van der Waals surface area (Å²) in [6.45, 7) is 3.21. The number of amides is 2. The van der Waals surface area contributed by atoms with E-state index in [1.165, 1.54) is 0 Å². The van der Waals surface area contributed by atoms with Gasteiger partial charge >= 0.3 is 6.03 Å². The topological polar surface area (TPSA) is 50.4 Å². The SMILES string of the molecule is CCCOc1ccc(CNC(=O)Nc2ccccc2Cl)cc1. The Balaban J connectivity index is 1.82. The van der Waals surface area contributed by atoms with E-state index in [4.69, 9.17) is 16.3 Å². The van der Waals surface area contributed by atoms with Crippen molar-refractivity contribution in [1.82, 2.24) is 5.32 Å². The highest BCUT2D eigenvalue weighted by Gasteiger charge is 2.04. The fourth-order valence-corrected chi connectivity index (χ4v) is 2.02. The van der Waals surface area contributed by atoms with E-state index in [9.17, 15) is 4.79 Å². The number of urea groups is 1. The molecule has 0 aromatic heterocycles. The molecule has 0 unspecified atom stereocenters. The highest BCUT2D eigenvalue weighted by atomic mass is 35.5. The van der Waals surface area contributed by atoms with Gasteiger partial charge in [-0.3, -0.25) is 0 Å². The van der Waals surface area contributed by atoms with Gasteiger partial charge in [-0.15, -0.1) is 0 Å². The maximum atomic E-state index is 11.8. The molecule has 0 heterocycles. The smallest absolute Gasteiger partial charge is 0.319 e. The normalized spacial score (nSPS) is 10.1. The molecular weight excluding hydrogens is 300 g/mol. The van der Waals surface area contributed by atoms with E-state index < -0.39 is 0 Å². The zero-order valence-electron chi connectivity index (χ0n) is 12.4. The van der Waals surface area contributed by atoms with Crippen molar-refractivity contribution < 1.29 is 9.53 Å². The molecule has 4 nitrogen and oxygen atoms in total. The Hall–Kier alpha value is -2.20. The van der Waals surface area contributed by atoms with E-state index >= 15 is 0 Å². The van der Waals surface area contributed by atoms with E-state index in [0.29, 0.717) is 23.9 Å². The fourth-order valence-electron chi connectivity index (χ4n) is 1.83. The van der Waals surface area contributed by atoms with Crippen molar-refractivity contribution in [2.24, 2.45) is 0 Å². The molecule has 0 aliphatic heterocycles. The Morgan fingerprint density at radius 2 is 1.86 bits per heavy atom. The van der Waals surface area contributed by atoms with Gasteiger partial charge in [0.05, 0.1) is 17.3 Å². The Morgan fingerprint density at radius 3 is 2.55 bits per heavy atom. The third kappa shape index (κ3) is 4.97. The molecule has 0 radical (unpaired) electrons. The van der Waals surface area contributed by atoms with Crippen LogP contribution in [0.25, 0.3) is 0 Å². The Morgan fingerprint density at radius 1 is 1.14 bits per heavy atom. The van der Waals surface area contributed by atoms with Crippen LogP contribution in [0.4, 0.5) is 10.5 Å². The van der Waals surface area contributed by atoms with Crippen molar-refractivity contribution in [3.8, 4) is 5.75 Å². The van der Waals surface area contributed by atoms with Gasteiger partial charge in [-0.2, -0.15) is 0 Å². The molecule has 0 atom stereocenters. The summed E-state index contributed by atoms with van der Waals surface area (Å²) >= 11 is 5.99. The largest absolute Gasteiger partial charge is 0.494 e. The third-order valence-corrected chi connectivity index (χ3v) is 3.30. The van der Waals surface area contributed by atoms with Crippen LogP contribution in [0.15, 0.2) is 48.5 Å². The lowest BCUT2D eigenvalue weighted by atomic mass is 10.2. The van der Waals surface area contributed by atoms with Crippen LogP contribution in [0.1, 0.15) is 18.9 Å². The molecule has 0 spiro atoms. The van der Waals surface area contributed by atoms with Crippen LogP contribution in [-0.4, -0.2) is 12.6 Å². The lowest BCUT2D eigenvalue weighted by Crippen LogP contribution is -2.28. The number of carbonyl (C=O) groups excluding carboxylic acids is 1. The minimum Gasteiger partial charge on any atom is -0.494 e. The predicted molar refractivity (Wildman–Crippen MR) is 89.5 cm³/mol. The summed E-state index contributed by atoms with van der Waals surface area (Å²) in [5.74, 6) is 0.839. The molecular formula is C17H19ClN2O2. The molecule has 2 aromatic carbocycles. The summed E-state index contributed by atoms with van der Waals surface area (Å²) in [4.78, 5) is 11.8. The average molecular weight is 319 g/mol. The molecule has 0 aliphatic carbocycles. The molecule has 0 saturated carbocycles. The van der Waals surface area contributed by atoms with Crippen LogP contribution in [-0.2, 0) is 6.54 Å². The number of para-hydroxylation sites is 1. The number of rotatable bonds is 6. The number of halogens is 1. The fraction of sp³-hybridized carbons (Fsp3) is 0.235. The molecule has 0 aliphatic rings. The van der Waals surface area contributed by atoms with Crippen molar-refractivity contribution in [1.29, 1.82) is 0 Å². The van der Waals surface area contributed by atoms with Crippen LogP contribution in [0.5, 0.6) is 5.75 Å². The van der Waals surface area contributed by atoms with Crippen LogP contribution < -0.4 is 15.4 Å². The third-order valence-electron chi connectivity index (χ3n) is 2.97. The van der Waals surface area contributed by atoms with Crippen molar-refractivity contribution in [3.63, 3.8) is 0 Å². The molecule has 0 saturated heterocycles. The van der Waals surface area contributed by atoms with Gasteiger partial charge in [0.25, 0.3) is 0 Å². The summed E-state index contributed by atoms with van der Waals surface area (Å²) in [6.07, 6.45) is 0.978. The van der Waals surface area contributed by atoms with E-state index in [0.717, 1.165) is 17.7 Å². The van der Waals surface area contributed by atoms with Gasteiger partial charge in [0.1, 0.15) is 5.75 Å². The minimum absolute atomic E-state index is 0.292. The second-order valence-corrected chi connectivity index (χ2v) is 5.19. The summed E-state index contributed by atoms with van der Waals surface area (Å²) in [5, 5.41) is 6.01. The van der Waals surface area contributed by atoms with Gasteiger partial charge in [-0.1, -0.05) is 42.8 Å². The molecule has 5 heteroatoms. The van der Waals surface area contributed by atoms with Gasteiger partial charge < -0.3 is 15.4 Å². The zero-order valence-corrected chi connectivity index (χ0v) is 13.2. The van der Waals surface area contributed by atoms with Crippen molar-refractivity contribution in [2.45, 2.75) is 19.9 Å². The first kappa shape index (κ1) is 16.2. The zero-order chi connectivity index (χ0) is 15.8. The number of carbonyl (C=O) groups is 1. The first-order valence-corrected chi connectivity index (χ1v) is 7.58. The van der Waals surface area contributed by atoms with E-state index in [2.05, 4.69) is 17.6 Å². The van der Waals surface area contributed by atoms with Crippen molar-refractivity contribution >= 4 is 23.3 Å². The lowest BCUT2D eigenvalue weighted by Gasteiger charge is -2.09. The quantitative estimate of drug-likeness (QED) is 0.826. The molecule has 2 N–H and O–H groups in total. The standard InChI is InChI=1S/C17H19ClN2O2/c1-2-11-22-14-9-7-13(8-10-14)12-19-17(21)20-16-6-4-3-5-15(16)18/h3-10H,2,11-12H2,1H3,(H2,19,20,21). The van der Waals surface area contributed by atoms with Gasteiger partial charge in [-0.05, 0) is 36.2 Å². The minimum atomic E-state index is -0.292. The molecule has 0 fully saturated rings. The summed E-state index contributed by atoms with van der Waals surface area (Å²) in [5.41, 5.74) is 1.59. The van der Waals surface area contributed by atoms with E-state index in [1.54, 1.807) is 12.1 Å². The summed E-state index contributed by atoms with van der Waals surface area (Å²) in [6, 6.07) is 14.5. The first-order valence-electron chi connectivity index (χ1n) is 7.20. The number of benzene rings is 2. The summed E-state index contributed by atoms with van der Waals surface area (Å²) in [7, 11) is 0. The first-order chi connectivity index (χ1) is 10.7. The molecule has 2 amide bonds. The summed E-state index contributed by atoms with van der Waals surface area (Å²) < 4.78 is 5.51. The highest BCUT2D eigenvalue weighted by Crippen LogP contribution is 2.20. The number of hydrogen-bond donors (Lipinski definition) is 2. The molecule has 2 rings (SSSR count). The Bertz CT molecular complexity index is 614. The molecule has 0 bridgehead atoms. The van der Waals surface area contributed by atoms with Gasteiger partial charge in [0, 0.05) is 6.54 Å². The number of ether oxygens (including phenoxy) is 1. The maximum Gasteiger partial charge on any atom is 0.319 e. The second kappa shape index (κ2) is 8.29. The van der Waals surface area contributed by atoms with E-state index in [-0.39, 0.29) is 6.03 Å². The van der Waals surface area contributed by atoms with Crippen LogP contribution >= 0.6 is 11.6 Å². The Kier molecular flexibility index (Phi) is 6.10. The number of hydrogen-bond acceptors (Lipinski definition) is 2. The molecule has 116 valence electrons. The van der Waals surface area contributed by atoms with Crippen molar-refractivity contribution in [3.05, 3.63) is 59.1 Å². The predicted octanol–water partition coefficient (Wildman–Crippen LogP) is 4.45. The van der Waals surface area contributed by atoms with Crippen LogP contribution in [0.3, 0.4) is 0 Å².